The summed E-state index contributed by atoms with van der Waals surface area (Å²) < 4.78 is 4.25. The number of hydrogen-bond donors (Lipinski definition) is 0. The van der Waals surface area contributed by atoms with Gasteiger partial charge in [0, 0.05) is 14.2 Å². The fraction of sp³-hybridized carbons (Fsp3) is 1.00. The molecule has 0 aliphatic heterocycles. The van der Waals surface area contributed by atoms with Gasteiger partial charge in [0.25, 0.3) is 0 Å². The van der Waals surface area contributed by atoms with Gasteiger partial charge in [-0.05, 0) is 0 Å². The summed E-state index contributed by atoms with van der Waals surface area (Å²) in [7, 11) is 3.25. The van der Waals surface area contributed by atoms with Crippen LogP contribution in [0.3, 0.4) is 0 Å². The Balaban J connectivity index is -0.0000000275. The number of methoxy groups -OCH3 is 1. The number of rotatable bonds is 0. The summed E-state index contributed by atoms with van der Waals surface area (Å²) in [4.78, 5) is 0. The summed E-state index contributed by atoms with van der Waals surface area (Å²) in [6, 6.07) is 0. The molecule has 0 heterocycles. The molecule has 0 amide bonds. The second-order valence-corrected chi connectivity index (χ2v) is 0.408. The van der Waals surface area contributed by atoms with Crippen LogP contribution in [0.2, 0.25) is 5.05 Å². The van der Waals surface area contributed by atoms with Gasteiger partial charge in [0.05, 0.1) is 0 Å². The van der Waals surface area contributed by atoms with Crippen molar-refractivity contribution in [3.8, 4) is 0 Å². The molecule has 0 N–H and O–H groups in total. The first-order chi connectivity index (χ1) is 2.41. The van der Waals surface area contributed by atoms with Gasteiger partial charge in [-0.3, -0.25) is 0 Å². The van der Waals surface area contributed by atoms with Crippen LogP contribution in [0.15, 0.2) is 0 Å². The molecule has 0 saturated carbocycles. The van der Waals surface area contributed by atoms with Crippen molar-refractivity contribution in [2.24, 2.45) is 0 Å². The Kier molecular flexibility index (Phi) is 90.4. The van der Waals surface area contributed by atoms with Crippen molar-refractivity contribution in [1.82, 2.24) is 0 Å². The Morgan fingerprint density at radius 1 is 1.17 bits per heavy atom. The molecule has 0 rings (SSSR count). The molecule has 0 spiro atoms. The van der Waals surface area contributed by atoms with E-state index in [-0.39, 0.29) is 17.0 Å². The van der Waals surface area contributed by atoms with E-state index < -0.39 is 0 Å². The van der Waals surface area contributed by atoms with Crippen molar-refractivity contribution >= 4 is 21.7 Å². The first-order valence-corrected chi connectivity index (χ1v) is 2.94. The van der Waals surface area contributed by atoms with Gasteiger partial charge < -0.3 is 21.7 Å². The van der Waals surface area contributed by atoms with Gasteiger partial charge in [0.1, 0.15) is 0 Å². The maximum absolute atomic E-state index is 4.25. The van der Waals surface area contributed by atoms with E-state index >= 15 is 0 Å². The molecule has 1 nitrogen and oxygen atoms in total. The molecule has 0 fully saturated rings. The van der Waals surface area contributed by atoms with Crippen LogP contribution < -0.4 is 17.0 Å². The summed E-state index contributed by atoms with van der Waals surface area (Å²) in [6.45, 7) is 0. The van der Waals surface area contributed by atoms with Crippen molar-refractivity contribution < 1.29 is 21.7 Å². The van der Waals surface area contributed by atoms with Crippen molar-refractivity contribution in [1.29, 1.82) is 0 Å². The van der Waals surface area contributed by atoms with Gasteiger partial charge in [-0.2, -0.15) is 0 Å². The predicted molar refractivity (Wildman–Crippen MR) is 24.6 cm³/mol. The normalized spacial score (nSPS) is 4.17. The molecular weight excluding hydrogens is 156 g/mol. The summed E-state index contributed by atoms with van der Waals surface area (Å²) >= 11 is 1.86. The van der Waals surface area contributed by atoms with Crippen LogP contribution in [-0.2, 0) is 4.74 Å². The first kappa shape index (κ1) is 15.7. The molecule has 0 aliphatic rings. The Labute approximate surface area is 62.7 Å². The van der Waals surface area contributed by atoms with Crippen LogP contribution in [0.5, 0.6) is 0 Å². The van der Waals surface area contributed by atoms with Gasteiger partial charge in [0.2, 0.25) is 0 Å². The molecule has 3 heteroatoms. The third-order valence-electron chi connectivity index (χ3n) is 0. The average molecular weight is 165 g/mol. The Hall–Kier alpha value is 1.21. The van der Waals surface area contributed by atoms with E-state index in [0.717, 1.165) is 0 Å². The first-order valence-electron chi connectivity index (χ1n) is 1.52. The maximum atomic E-state index is 4.25. The summed E-state index contributed by atoms with van der Waals surface area (Å²) in [5, 5.41) is 2.03. The number of hydrogen-bond acceptors (Lipinski definition) is 1. The molecule has 0 bridgehead atoms. The minimum atomic E-state index is 0. The SMILES string of the molecule is COC.[Br-].[CH3][Mg+]. The van der Waals surface area contributed by atoms with Crippen molar-refractivity contribution in [3.63, 3.8) is 0 Å². The number of ether oxygens (including phenoxy) is 1. The predicted octanol–water partition coefficient (Wildman–Crippen LogP) is -2.53. The fourth-order valence-corrected chi connectivity index (χ4v) is 0. The van der Waals surface area contributed by atoms with E-state index in [9.17, 15) is 0 Å². The zero-order valence-electron chi connectivity index (χ0n) is 4.49. The van der Waals surface area contributed by atoms with Crippen LogP contribution in [0.25, 0.3) is 0 Å². The van der Waals surface area contributed by atoms with Crippen LogP contribution in [0, 0.1) is 0 Å². The second-order valence-electron chi connectivity index (χ2n) is 0.408. The minimum absolute atomic E-state index is 0. The molecule has 6 heavy (non-hydrogen) atoms. The molecule has 0 unspecified atom stereocenters. The molecule has 36 valence electrons. The zero-order valence-corrected chi connectivity index (χ0v) is 7.49. The molecular formula is C3H9BrMgO. The molecule has 0 aromatic carbocycles. The van der Waals surface area contributed by atoms with Crippen molar-refractivity contribution in [2.45, 2.75) is 5.05 Å². The third-order valence-corrected chi connectivity index (χ3v) is 0. The van der Waals surface area contributed by atoms with Crippen LogP contribution in [-0.4, -0.2) is 35.9 Å². The van der Waals surface area contributed by atoms with Gasteiger partial charge in [-0.15, -0.1) is 0 Å². The molecule has 0 aromatic heterocycles. The quantitative estimate of drug-likeness (QED) is 0.360. The van der Waals surface area contributed by atoms with E-state index in [1.807, 2.05) is 26.8 Å². The van der Waals surface area contributed by atoms with Crippen LogP contribution >= 0.6 is 0 Å². The van der Waals surface area contributed by atoms with Crippen LogP contribution in [0.4, 0.5) is 0 Å². The van der Waals surface area contributed by atoms with Gasteiger partial charge in [-0.25, -0.2) is 0 Å². The third kappa shape index (κ3) is 63.3. The van der Waals surface area contributed by atoms with E-state index in [2.05, 4.69) is 4.74 Å². The van der Waals surface area contributed by atoms with E-state index in [0.29, 0.717) is 0 Å². The van der Waals surface area contributed by atoms with Gasteiger partial charge >= 0.3 is 26.8 Å². The standard InChI is InChI=1S/C2H6O.CH3.BrH.Mg/c1-3-2;;;/h1-2H3;1H3;1H;/q;;;+1/p-1. The van der Waals surface area contributed by atoms with E-state index in [4.69, 9.17) is 0 Å². The Morgan fingerprint density at radius 3 is 1.17 bits per heavy atom. The summed E-state index contributed by atoms with van der Waals surface area (Å²) in [5.74, 6) is 0. The van der Waals surface area contributed by atoms with Gasteiger partial charge in [0.15, 0.2) is 0 Å². The molecule has 0 aromatic rings. The zero-order chi connectivity index (χ0) is 4.71. The summed E-state index contributed by atoms with van der Waals surface area (Å²) in [6.07, 6.45) is 0. The molecule has 0 radical (unpaired) electrons. The van der Waals surface area contributed by atoms with Gasteiger partial charge in [-0.1, -0.05) is 0 Å². The fourth-order valence-electron chi connectivity index (χ4n) is 0. The van der Waals surface area contributed by atoms with E-state index in [1.165, 1.54) is 0 Å². The molecule has 0 saturated heterocycles. The Morgan fingerprint density at radius 2 is 1.17 bits per heavy atom. The van der Waals surface area contributed by atoms with Crippen molar-refractivity contribution in [3.05, 3.63) is 0 Å². The molecule has 0 aliphatic carbocycles. The molecule has 0 atom stereocenters. The van der Waals surface area contributed by atoms with Crippen LogP contribution in [0.1, 0.15) is 0 Å². The van der Waals surface area contributed by atoms with Crippen molar-refractivity contribution in [2.75, 3.05) is 14.2 Å². The second kappa shape index (κ2) is 34.6. The average Bonchev–Trinajstić information content (AvgIpc) is 1.46. The topological polar surface area (TPSA) is 9.23 Å². The number of halogens is 1. The Bertz CT molecular complexity index is 10.8. The monoisotopic (exact) mass is 164 g/mol. The summed E-state index contributed by atoms with van der Waals surface area (Å²) in [5.41, 5.74) is 0. The van der Waals surface area contributed by atoms with E-state index in [1.54, 1.807) is 14.2 Å².